The number of benzene rings is 2. The van der Waals surface area contributed by atoms with Crippen LogP contribution in [0.15, 0.2) is 48.5 Å². The second-order valence-corrected chi connectivity index (χ2v) is 14.2. The van der Waals surface area contributed by atoms with Crippen LogP contribution in [0.4, 0.5) is 0 Å². The SMILES string of the molecule is C[Si](C)(O[Si](C)(C)c1ccc(O)cc1)c1ccc(O)cc1. The van der Waals surface area contributed by atoms with Crippen LogP contribution >= 0.6 is 0 Å². The van der Waals surface area contributed by atoms with Crippen molar-refractivity contribution in [1.82, 2.24) is 0 Å². The maximum absolute atomic E-state index is 9.42. The minimum Gasteiger partial charge on any atom is -0.508 e. The first-order chi connectivity index (χ1) is 9.71. The van der Waals surface area contributed by atoms with Gasteiger partial charge < -0.3 is 14.3 Å². The molecule has 0 atom stereocenters. The molecule has 0 aliphatic rings. The molecule has 0 radical (unpaired) electrons. The Morgan fingerprint density at radius 1 is 0.619 bits per heavy atom. The van der Waals surface area contributed by atoms with Gasteiger partial charge in [-0.15, -0.1) is 0 Å². The summed E-state index contributed by atoms with van der Waals surface area (Å²) in [6.45, 7) is 8.70. The van der Waals surface area contributed by atoms with E-state index < -0.39 is 16.6 Å². The van der Waals surface area contributed by atoms with Crippen LogP contribution in [-0.2, 0) is 4.12 Å². The molecule has 0 spiro atoms. The lowest BCUT2D eigenvalue weighted by Crippen LogP contribution is -2.57. The first kappa shape index (κ1) is 15.8. The third-order valence-electron chi connectivity index (χ3n) is 3.64. The minimum absolute atomic E-state index is 0.276. The number of phenols is 2. The highest BCUT2D eigenvalue weighted by Crippen LogP contribution is 2.17. The molecule has 112 valence electrons. The molecule has 0 fully saturated rings. The van der Waals surface area contributed by atoms with Crippen molar-refractivity contribution < 1.29 is 14.3 Å². The summed E-state index contributed by atoms with van der Waals surface area (Å²) in [5.41, 5.74) is 0. The number of aromatic hydroxyl groups is 2. The molecule has 0 aliphatic carbocycles. The van der Waals surface area contributed by atoms with E-state index in [1.165, 1.54) is 10.4 Å². The van der Waals surface area contributed by atoms with Gasteiger partial charge in [0.25, 0.3) is 0 Å². The molecule has 21 heavy (non-hydrogen) atoms. The zero-order valence-corrected chi connectivity index (χ0v) is 14.9. The fourth-order valence-electron chi connectivity index (χ4n) is 2.48. The number of hydrogen-bond donors (Lipinski definition) is 2. The first-order valence-corrected chi connectivity index (χ1v) is 12.8. The first-order valence-electron chi connectivity index (χ1n) is 7.00. The normalized spacial score (nSPS) is 12.4. The lowest BCUT2D eigenvalue weighted by Gasteiger charge is -2.34. The molecule has 0 unspecified atom stereocenters. The Morgan fingerprint density at radius 2 is 0.905 bits per heavy atom. The van der Waals surface area contributed by atoms with Gasteiger partial charge in [0.15, 0.2) is 0 Å². The van der Waals surface area contributed by atoms with E-state index in [1.54, 1.807) is 24.3 Å². The Morgan fingerprint density at radius 3 is 1.19 bits per heavy atom. The maximum Gasteiger partial charge on any atom is 0.206 e. The lowest BCUT2D eigenvalue weighted by molar-refractivity contribution is 0.475. The van der Waals surface area contributed by atoms with Crippen LogP contribution in [-0.4, -0.2) is 26.8 Å². The van der Waals surface area contributed by atoms with Gasteiger partial charge >= 0.3 is 0 Å². The van der Waals surface area contributed by atoms with Gasteiger partial charge in [-0.1, -0.05) is 24.3 Å². The summed E-state index contributed by atoms with van der Waals surface area (Å²) in [5.74, 6) is 0.553. The van der Waals surface area contributed by atoms with Crippen LogP contribution in [0.1, 0.15) is 0 Å². The fourth-order valence-corrected chi connectivity index (χ4v) is 10.5. The second-order valence-electron chi connectivity index (χ2n) is 6.22. The molecule has 2 aromatic carbocycles. The van der Waals surface area contributed by atoms with E-state index in [-0.39, 0.29) is 11.5 Å². The summed E-state index contributed by atoms with van der Waals surface area (Å²) in [6.07, 6.45) is 0. The molecular weight excluding hydrogens is 296 g/mol. The number of hydrogen-bond acceptors (Lipinski definition) is 3. The van der Waals surface area contributed by atoms with E-state index in [0.717, 1.165) is 0 Å². The molecule has 2 rings (SSSR count). The second kappa shape index (κ2) is 5.67. The summed E-state index contributed by atoms with van der Waals surface area (Å²) >= 11 is 0. The molecule has 3 nitrogen and oxygen atoms in total. The predicted octanol–water partition coefficient (Wildman–Crippen LogP) is 2.64. The molecule has 0 bridgehead atoms. The van der Waals surface area contributed by atoms with E-state index in [0.29, 0.717) is 0 Å². The van der Waals surface area contributed by atoms with Crippen molar-refractivity contribution >= 4 is 27.0 Å². The smallest absolute Gasteiger partial charge is 0.206 e. The molecule has 0 saturated heterocycles. The Balaban J connectivity index is 2.25. The van der Waals surface area contributed by atoms with Crippen molar-refractivity contribution in [2.75, 3.05) is 0 Å². The van der Waals surface area contributed by atoms with Crippen molar-refractivity contribution in [1.29, 1.82) is 0 Å². The maximum atomic E-state index is 9.42. The van der Waals surface area contributed by atoms with Gasteiger partial charge in [0, 0.05) is 0 Å². The average molecular weight is 319 g/mol. The van der Waals surface area contributed by atoms with Gasteiger partial charge in [0.05, 0.1) is 0 Å². The van der Waals surface area contributed by atoms with Crippen LogP contribution in [0, 0.1) is 0 Å². The van der Waals surface area contributed by atoms with Gasteiger partial charge in [-0.3, -0.25) is 0 Å². The topological polar surface area (TPSA) is 49.7 Å². The Kier molecular flexibility index (Phi) is 4.27. The van der Waals surface area contributed by atoms with Gasteiger partial charge in [-0.25, -0.2) is 0 Å². The Bertz CT molecular complexity index is 549. The highest BCUT2D eigenvalue weighted by molar-refractivity contribution is 6.96. The molecule has 0 amide bonds. The van der Waals surface area contributed by atoms with Gasteiger partial charge in [0.2, 0.25) is 16.6 Å². The van der Waals surface area contributed by atoms with E-state index in [1.807, 2.05) is 24.3 Å². The molecule has 2 aromatic rings. The Hall–Kier alpha value is -1.57. The molecule has 5 heteroatoms. The van der Waals surface area contributed by atoms with Crippen molar-refractivity contribution in [3.8, 4) is 11.5 Å². The average Bonchev–Trinajstić information content (AvgIpc) is 2.38. The summed E-state index contributed by atoms with van der Waals surface area (Å²) in [4.78, 5) is 0. The number of phenolic OH excluding ortho intramolecular Hbond substituents is 2. The van der Waals surface area contributed by atoms with Crippen LogP contribution in [0.2, 0.25) is 26.2 Å². The highest BCUT2D eigenvalue weighted by atomic mass is 28.4. The summed E-state index contributed by atoms with van der Waals surface area (Å²) in [5, 5.41) is 21.2. The third-order valence-corrected chi connectivity index (χ3v) is 11.2. The molecular formula is C16H22O3Si2. The quantitative estimate of drug-likeness (QED) is 0.852. The lowest BCUT2D eigenvalue weighted by atomic mass is 10.3. The van der Waals surface area contributed by atoms with E-state index in [4.69, 9.17) is 4.12 Å². The largest absolute Gasteiger partial charge is 0.508 e. The van der Waals surface area contributed by atoms with Gasteiger partial charge in [-0.2, -0.15) is 0 Å². The molecule has 0 saturated carbocycles. The van der Waals surface area contributed by atoms with Crippen molar-refractivity contribution in [2.24, 2.45) is 0 Å². The summed E-state index contributed by atoms with van der Waals surface area (Å²) in [6, 6.07) is 14.6. The fraction of sp³-hybridized carbons (Fsp3) is 0.250. The molecule has 2 N–H and O–H groups in total. The van der Waals surface area contributed by atoms with Crippen LogP contribution < -0.4 is 10.4 Å². The molecule has 0 heterocycles. The van der Waals surface area contributed by atoms with Crippen molar-refractivity contribution in [3.05, 3.63) is 48.5 Å². The minimum atomic E-state index is -2.05. The van der Waals surface area contributed by atoms with E-state index in [2.05, 4.69) is 26.2 Å². The summed E-state index contributed by atoms with van der Waals surface area (Å²) < 4.78 is 6.59. The predicted molar refractivity (Wildman–Crippen MR) is 91.5 cm³/mol. The summed E-state index contributed by atoms with van der Waals surface area (Å²) in [7, 11) is -4.09. The van der Waals surface area contributed by atoms with Gasteiger partial charge in [-0.05, 0) is 60.8 Å². The van der Waals surface area contributed by atoms with Crippen molar-refractivity contribution in [2.45, 2.75) is 26.2 Å². The van der Waals surface area contributed by atoms with Crippen molar-refractivity contribution in [3.63, 3.8) is 0 Å². The van der Waals surface area contributed by atoms with Crippen LogP contribution in [0.3, 0.4) is 0 Å². The number of rotatable bonds is 4. The highest BCUT2D eigenvalue weighted by Gasteiger charge is 2.35. The molecule has 0 aliphatic heterocycles. The van der Waals surface area contributed by atoms with Crippen LogP contribution in [0.25, 0.3) is 0 Å². The van der Waals surface area contributed by atoms with Gasteiger partial charge in [0.1, 0.15) is 11.5 Å². The standard InChI is InChI=1S/C16H22O3Si2/c1-20(2,15-9-5-13(17)6-10-15)19-21(3,4)16-11-7-14(18)8-12-16/h5-12,17-18H,1-4H3. The molecule has 0 aromatic heterocycles. The zero-order valence-electron chi connectivity index (χ0n) is 12.9. The van der Waals surface area contributed by atoms with E-state index in [9.17, 15) is 10.2 Å². The zero-order chi connectivity index (χ0) is 15.7. The monoisotopic (exact) mass is 318 g/mol. The van der Waals surface area contributed by atoms with Crippen LogP contribution in [0.5, 0.6) is 11.5 Å². The Labute approximate surface area is 128 Å². The third kappa shape index (κ3) is 3.75. The van der Waals surface area contributed by atoms with E-state index >= 15 is 0 Å².